The van der Waals surface area contributed by atoms with Gasteiger partial charge in [-0.25, -0.2) is 0 Å². The number of quaternary nitrogens is 1. The lowest BCUT2D eigenvalue weighted by molar-refractivity contribution is -0.858. The first kappa shape index (κ1) is 15.7. The summed E-state index contributed by atoms with van der Waals surface area (Å²) < 4.78 is 0. The molecule has 19 heavy (non-hydrogen) atoms. The van der Waals surface area contributed by atoms with Gasteiger partial charge >= 0.3 is 0 Å². The predicted molar refractivity (Wildman–Crippen MR) is 85.6 cm³/mol. The van der Waals surface area contributed by atoms with Crippen LogP contribution in [-0.2, 0) is 0 Å². The largest absolute Gasteiger partial charge is 0.361 e. The molecular weight excluding hydrogens is 256 g/mol. The number of anilines is 1. The number of nitrogens with one attached hydrogen (secondary N) is 4. The number of thiocarbonyl (C=S) groups is 1. The molecule has 106 valence electrons. The van der Waals surface area contributed by atoms with Gasteiger partial charge in [0.2, 0.25) is 0 Å². The molecule has 0 aromatic heterocycles. The van der Waals surface area contributed by atoms with E-state index in [0.717, 1.165) is 25.2 Å². The minimum absolute atomic E-state index is 0.633. The van der Waals surface area contributed by atoms with Crippen LogP contribution in [0.25, 0.3) is 0 Å². The van der Waals surface area contributed by atoms with E-state index in [9.17, 15) is 0 Å². The molecule has 0 heterocycles. The van der Waals surface area contributed by atoms with Gasteiger partial charge in [-0.15, -0.1) is 0 Å². The molecule has 0 atom stereocenters. The minimum atomic E-state index is 0.633. The van der Waals surface area contributed by atoms with E-state index in [2.05, 4.69) is 62.3 Å². The second-order valence-corrected chi connectivity index (χ2v) is 5.54. The summed E-state index contributed by atoms with van der Waals surface area (Å²) in [5.74, 6) is 0. The van der Waals surface area contributed by atoms with E-state index >= 15 is 0 Å². The van der Waals surface area contributed by atoms with Gasteiger partial charge in [0.1, 0.15) is 0 Å². The first-order valence-electron chi connectivity index (χ1n) is 6.65. The van der Waals surface area contributed by atoms with E-state index < -0.39 is 0 Å². The van der Waals surface area contributed by atoms with E-state index in [4.69, 9.17) is 12.2 Å². The highest BCUT2D eigenvalue weighted by Gasteiger charge is 1.99. The third-order valence-corrected chi connectivity index (χ3v) is 3.08. The van der Waals surface area contributed by atoms with Gasteiger partial charge in [0.05, 0.1) is 26.3 Å². The monoisotopic (exact) mass is 281 g/mol. The van der Waals surface area contributed by atoms with Gasteiger partial charge < -0.3 is 10.2 Å². The smallest absolute Gasteiger partial charge is 0.185 e. The molecule has 0 saturated heterocycles. The van der Waals surface area contributed by atoms with E-state index in [1.54, 1.807) is 0 Å². The summed E-state index contributed by atoms with van der Waals surface area (Å²) in [4.78, 5) is 1.45. The third kappa shape index (κ3) is 6.40. The summed E-state index contributed by atoms with van der Waals surface area (Å²) in [5, 5.41) is 3.82. The van der Waals surface area contributed by atoms with Gasteiger partial charge in [-0.1, -0.05) is 17.7 Å². The molecule has 1 aromatic rings. The Labute approximate surface area is 121 Å². The molecule has 5 heteroatoms. The molecular formula is C14H25N4S+. The summed E-state index contributed by atoms with van der Waals surface area (Å²) in [7, 11) is 4.30. The zero-order valence-corrected chi connectivity index (χ0v) is 13.1. The molecule has 0 unspecified atom stereocenters. The van der Waals surface area contributed by atoms with Crippen LogP contribution in [-0.4, -0.2) is 32.3 Å². The molecule has 1 rings (SSSR count). The molecule has 0 aliphatic rings. The van der Waals surface area contributed by atoms with Crippen LogP contribution < -0.4 is 21.1 Å². The standard InChI is InChI=1S/C14H24N4S/c1-11-6-7-13(12(2)10-11)16-17-14(19)15-8-5-9-18(3)4/h6-7,10,16H,5,8-9H2,1-4H3,(H2,15,17,19)/p+1. The van der Waals surface area contributed by atoms with E-state index in [-0.39, 0.29) is 0 Å². The fourth-order valence-corrected chi connectivity index (χ4v) is 1.92. The number of benzene rings is 1. The summed E-state index contributed by atoms with van der Waals surface area (Å²) >= 11 is 5.21. The average molecular weight is 281 g/mol. The normalized spacial score (nSPS) is 10.4. The predicted octanol–water partition coefficient (Wildman–Crippen LogP) is 0.629. The molecule has 0 saturated carbocycles. The Morgan fingerprint density at radius 2 is 2.00 bits per heavy atom. The maximum absolute atomic E-state index is 5.21. The van der Waals surface area contributed by atoms with Crippen molar-refractivity contribution in [2.75, 3.05) is 32.6 Å². The third-order valence-electron chi connectivity index (χ3n) is 2.83. The zero-order valence-electron chi connectivity index (χ0n) is 12.3. The number of aryl methyl sites for hydroxylation is 2. The van der Waals surface area contributed by atoms with Crippen molar-refractivity contribution < 1.29 is 4.90 Å². The highest BCUT2D eigenvalue weighted by Crippen LogP contribution is 2.14. The Morgan fingerprint density at radius 3 is 2.63 bits per heavy atom. The second-order valence-electron chi connectivity index (χ2n) is 5.13. The highest BCUT2D eigenvalue weighted by molar-refractivity contribution is 7.80. The molecule has 0 aliphatic carbocycles. The Balaban J connectivity index is 2.26. The van der Waals surface area contributed by atoms with Crippen molar-refractivity contribution in [2.45, 2.75) is 20.3 Å². The SMILES string of the molecule is Cc1ccc(NNC(=S)NCCC[NH+](C)C)c(C)c1. The first-order valence-corrected chi connectivity index (χ1v) is 7.06. The van der Waals surface area contributed by atoms with Crippen LogP contribution in [0.2, 0.25) is 0 Å². The van der Waals surface area contributed by atoms with Crippen LogP contribution in [0, 0.1) is 13.8 Å². The summed E-state index contributed by atoms with van der Waals surface area (Å²) in [6.07, 6.45) is 1.10. The van der Waals surface area contributed by atoms with E-state index in [1.807, 2.05) is 0 Å². The lowest BCUT2D eigenvalue weighted by Crippen LogP contribution is -3.05. The minimum Gasteiger partial charge on any atom is -0.361 e. The molecule has 0 fully saturated rings. The Bertz CT molecular complexity index is 418. The van der Waals surface area contributed by atoms with E-state index in [1.165, 1.54) is 16.0 Å². The van der Waals surface area contributed by atoms with Crippen molar-refractivity contribution in [3.8, 4) is 0 Å². The van der Waals surface area contributed by atoms with Crippen LogP contribution in [0.4, 0.5) is 5.69 Å². The van der Waals surface area contributed by atoms with Crippen molar-refractivity contribution in [1.29, 1.82) is 0 Å². The molecule has 0 amide bonds. The van der Waals surface area contributed by atoms with Gasteiger partial charge in [0, 0.05) is 13.0 Å². The second kappa shape index (κ2) is 7.96. The maximum atomic E-state index is 5.21. The van der Waals surface area contributed by atoms with Crippen LogP contribution >= 0.6 is 12.2 Å². The first-order chi connectivity index (χ1) is 8.99. The van der Waals surface area contributed by atoms with Crippen LogP contribution in [0.5, 0.6) is 0 Å². The molecule has 0 radical (unpaired) electrons. The van der Waals surface area contributed by atoms with Crippen molar-refractivity contribution in [3.05, 3.63) is 29.3 Å². The number of hydrazine groups is 1. The Hall–Kier alpha value is -1.33. The average Bonchev–Trinajstić information content (AvgIpc) is 2.33. The molecule has 0 spiro atoms. The number of rotatable bonds is 6. The van der Waals surface area contributed by atoms with Gasteiger partial charge in [0.15, 0.2) is 5.11 Å². The summed E-state index contributed by atoms with van der Waals surface area (Å²) in [6.45, 7) is 6.20. The van der Waals surface area contributed by atoms with Crippen LogP contribution in [0.3, 0.4) is 0 Å². The lowest BCUT2D eigenvalue weighted by Gasteiger charge is -2.14. The number of hydrogen-bond acceptors (Lipinski definition) is 2. The molecule has 1 aromatic carbocycles. The van der Waals surface area contributed by atoms with Crippen LogP contribution in [0.1, 0.15) is 17.5 Å². The van der Waals surface area contributed by atoms with E-state index in [0.29, 0.717) is 5.11 Å². The van der Waals surface area contributed by atoms with Crippen molar-refractivity contribution in [2.24, 2.45) is 0 Å². The van der Waals surface area contributed by atoms with Crippen LogP contribution in [0.15, 0.2) is 18.2 Å². The topological polar surface area (TPSA) is 40.5 Å². The fraction of sp³-hybridized carbons (Fsp3) is 0.500. The zero-order chi connectivity index (χ0) is 14.3. The van der Waals surface area contributed by atoms with Crippen molar-refractivity contribution >= 4 is 23.0 Å². The molecule has 4 N–H and O–H groups in total. The Kier molecular flexibility index (Phi) is 6.59. The molecule has 4 nitrogen and oxygen atoms in total. The molecule has 0 bridgehead atoms. The summed E-state index contributed by atoms with van der Waals surface area (Å²) in [5.41, 5.74) is 9.65. The van der Waals surface area contributed by atoms with Gasteiger partial charge in [0.25, 0.3) is 0 Å². The Morgan fingerprint density at radius 1 is 1.26 bits per heavy atom. The maximum Gasteiger partial charge on any atom is 0.185 e. The number of hydrogen-bond donors (Lipinski definition) is 4. The highest BCUT2D eigenvalue weighted by atomic mass is 32.1. The van der Waals surface area contributed by atoms with Crippen molar-refractivity contribution in [3.63, 3.8) is 0 Å². The fourth-order valence-electron chi connectivity index (χ4n) is 1.77. The van der Waals surface area contributed by atoms with Gasteiger partial charge in [-0.05, 0) is 37.7 Å². The van der Waals surface area contributed by atoms with Gasteiger partial charge in [-0.3, -0.25) is 10.9 Å². The quantitative estimate of drug-likeness (QED) is 0.351. The van der Waals surface area contributed by atoms with Crippen molar-refractivity contribution in [1.82, 2.24) is 10.7 Å². The van der Waals surface area contributed by atoms with Gasteiger partial charge in [-0.2, -0.15) is 0 Å². The molecule has 0 aliphatic heterocycles. The lowest BCUT2D eigenvalue weighted by atomic mass is 10.1. The summed E-state index contributed by atoms with van der Waals surface area (Å²) in [6, 6.07) is 6.27.